The third kappa shape index (κ3) is 2.76. The number of hydrogen-bond donors (Lipinski definition) is 1. The molecular weight excluding hydrogens is 378 g/mol. The molecule has 1 aliphatic carbocycles. The van der Waals surface area contributed by atoms with Gasteiger partial charge in [0.05, 0.1) is 11.1 Å². The maximum atomic E-state index is 13.0. The van der Waals surface area contributed by atoms with E-state index in [4.69, 9.17) is 9.47 Å². The van der Waals surface area contributed by atoms with Crippen molar-refractivity contribution >= 4 is 23.6 Å². The fourth-order valence-electron chi connectivity index (χ4n) is 4.14. The minimum absolute atomic E-state index is 0.0312. The second-order valence-corrected chi connectivity index (χ2v) is 7.90. The Bertz CT molecular complexity index is 1200. The van der Waals surface area contributed by atoms with Crippen LogP contribution in [0.1, 0.15) is 24.0 Å². The molecule has 2 aromatic carbocycles. The molecule has 1 aromatic heterocycles. The first kappa shape index (κ1) is 17.2. The van der Waals surface area contributed by atoms with Gasteiger partial charge < -0.3 is 14.8 Å². The zero-order valence-corrected chi connectivity index (χ0v) is 16.2. The van der Waals surface area contributed by atoms with Crippen LogP contribution in [0.5, 0.6) is 11.5 Å². The molecule has 1 fully saturated rings. The molecule has 6 rings (SSSR count). The number of pyridine rings is 1. The molecule has 0 bridgehead atoms. The monoisotopic (exact) mass is 397 g/mol. The Kier molecular flexibility index (Phi) is 3.68. The standard InChI is InChI=1S/C24H19N3O3/c28-23(24(8-9-24)18-3-5-20-21(12-18)30-14-29-20)27-22-6-2-17(13-26-22)15-1-4-19-16(11-15)7-10-25-19/h1-6,10-13H,7-9,14H2,(H,26,27,28). The van der Waals surface area contributed by atoms with E-state index in [0.717, 1.165) is 47.4 Å². The van der Waals surface area contributed by atoms with Crippen LogP contribution in [0.2, 0.25) is 0 Å². The Labute approximate surface area is 173 Å². The van der Waals surface area contributed by atoms with E-state index in [1.54, 1.807) is 6.20 Å². The van der Waals surface area contributed by atoms with Crippen LogP contribution < -0.4 is 14.8 Å². The average Bonchev–Trinajstić information content (AvgIpc) is 3.23. The van der Waals surface area contributed by atoms with Crippen LogP contribution in [0, 0.1) is 0 Å². The van der Waals surface area contributed by atoms with Crippen LogP contribution in [-0.2, 0) is 16.6 Å². The van der Waals surface area contributed by atoms with Crippen LogP contribution in [0.25, 0.3) is 11.1 Å². The Morgan fingerprint density at radius 2 is 1.83 bits per heavy atom. The molecule has 30 heavy (non-hydrogen) atoms. The Morgan fingerprint density at radius 3 is 2.67 bits per heavy atom. The van der Waals surface area contributed by atoms with Gasteiger partial charge in [-0.2, -0.15) is 0 Å². The van der Waals surface area contributed by atoms with Crippen molar-refractivity contribution in [3.8, 4) is 22.6 Å². The Balaban J connectivity index is 1.20. The van der Waals surface area contributed by atoms with Gasteiger partial charge in [-0.25, -0.2) is 4.98 Å². The summed E-state index contributed by atoms with van der Waals surface area (Å²) in [5.41, 5.74) is 4.82. The first-order valence-corrected chi connectivity index (χ1v) is 10.0. The van der Waals surface area contributed by atoms with Gasteiger partial charge in [-0.1, -0.05) is 12.1 Å². The predicted molar refractivity (Wildman–Crippen MR) is 114 cm³/mol. The first-order valence-electron chi connectivity index (χ1n) is 10.0. The number of ether oxygens (including phenoxy) is 2. The Morgan fingerprint density at radius 1 is 0.967 bits per heavy atom. The van der Waals surface area contributed by atoms with E-state index in [1.165, 1.54) is 5.56 Å². The SMILES string of the molecule is O=C(Nc1ccc(-c2ccc3c(c2)CC=N3)cn1)C1(c2ccc3c(c2)OCO3)CC1. The van der Waals surface area contributed by atoms with Gasteiger partial charge in [-0.15, -0.1) is 0 Å². The van der Waals surface area contributed by atoms with Gasteiger partial charge in [0, 0.05) is 24.4 Å². The number of nitrogens with zero attached hydrogens (tertiary/aromatic N) is 2. The van der Waals surface area contributed by atoms with Gasteiger partial charge in [-0.3, -0.25) is 9.79 Å². The van der Waals surface area contributed by atoms with Crippen LogP contribution in [0.4, 0.5) is 11.5 Å². The number of aliphatic imine (C=N–C) groups is 1. The van der Waals surface area contributed by atoms with Crippen molar-refractivity contribution in [2.45, 2.75) is 24.7 Å². The van der Waals surface area contributed by atoms with Crippen molar-refractivity contribution in [3.05, 3.63) is 65.9 Å². The van der Waals surface area contributed by atoms with Crippen molar-refractivity contribution in [1.82, 2.24) is 4.98 Å². The summed E-state index contributed by atoms with van der Waals surface area (Å²) in [5.74, 6) is 1.95. The number of amides is 1. The highest BCUT2D eigenvalue weighted by Crippen LogP contribution is 2.51. The molecule has 0 radical (unpaired) electrons. The topological polar surface area (TPSA) is 72.8 Å². The summed E-state index contributed by atoms with van der Waals surface area (Å²) < 4.78 is 10.8. The normalized spacial score (nSPS) is 16.9. The molecule has 1 saturated carbocycles. The van der Waals surface area contributed by atoms with Gasteiger partial charge >= 0.3 is 0 Å². The molecule has 0 saturated heterocycles. The van der Waals surface area contributed by atoms with Crippen LogP contribution in [-0.4, -0.2) is 23.9 Å². The number of carbonyl (C=O) groups is 1. The van der Waals surface area contributed by atoms with E-state index in [-0.39, 0.29) is 12.7 Å². The van der Waals surface area contributed by atoms with Crippen LogP contribution >= 0.6 is 0 Å². The number of hydrogen-bond acceptors (Lipinski definition) is 5. The maximum absolute atomic E-state index is 13.0. The molecule has 0 unspecified atom stereocenters. The first-order chi connectivity index (χ1) is 14.7. The van der Waals surface area contributed by atoms with E-state index >= 15 is 0 Å². The summed E-state index contributed by atoms with van der Waals surface area (Å²) in [6.45, 7) is 0.228. The van der Waals surface area contributed by atoms with Crippen molar-refractivity contribution in [1.29, 1.82) is 0 Å². The lowest BCUT2D eigenvalue weighted by Gasteiger charge is -2.16. The molecule has 148 valence electrons. The fraction of sp³-hybridized carbons (Fsp3) is 0.208. The zero-order chi connectivity index (χ0) is 20.1. The number of nitrogens with one attached hydrogen (secondary N) is 1. The molecule has 2 aliphatic heterocycles. The van der Waals surface area contributed by atoms with Crippen LogP contribution in [0.3, 0.4) is 0 Å². The number of rotatable bonds is 4. The van der Waals surface area contributed by atoms with E-state index in [0.29, 0.717) is 11.6 Å². The number of benzene rings is 2. The highest BCUT2D eigenvalue weighted by Gasteiger charge is 2.51. The smallest absolute Gasteiger partial charge is 0.236 e. The van der Waals surface area contributed by atoms with Gasteiger partial charge in [-0.05, 0) is 65.9 Å². The van der Waals surface area contributed by atoms with Gasteiger partial charge in [0.25, 0.3) is 0 Å². The molecule has 3 aromatic rings. The summed E-state index contributed by atoms with van der Waals surface area (Å²) in [6.07, 6.45) is 6.22. The molecule has 6 heteroatoms. The second-order valence-electron chi connectivity index (χ2n) is 7.90. The van der Waals surface area contributed by atoms with Crippen molar-refractivity contribution < 1.29 is 14.3 Å². The average molecular weight is 397 g/mol. The van der Waals surface area contributed by atoms with Crippen molar-refractivity contribution in [2.75, 3.05) is 12.1 Å². The third-order valence-electron chi connectivity index (χ3n) is 6.07. The molecule has 1 amide bonds. The lowest BCUT2D eigenvalue weighted by Crippen LogP contribution is -2.28. The predicted octanol–water partition coefficient (Wildman–Crippen LogP) is 4.41. The quantitative estimate of drug-likeness (QED) is 0.708. The molecule has 1 N–H and O–H groups in total. The highest BCUT2D eigenvalue weighted by molar-refractivity contribution is 6.01. The molecule has 6 nitrogen and oxygen atoms in total. The zero-order valence-electron chi connectivity index (χ0n) is 16.2. The van der Waals surface area contributed by atoms with E-state index < -0.39 is 5.41 Å². The van der Waals surface area contributed by atoms with Gasteiger partial charge in [0.1, 0.15) is 5.82 Å². The van der Waals surface area contributed by atoms with E-state index in [9.17, 15) is 4.79 Å². The molecular formula is C24H19N3O3. The van der Waals surface area contributed by atoms with Crippen molar-refractivity contribution in [2.24, 2.45) is 4.99 Å². The van der Waals surface area contributed by atoms with Crippen LogP contribution in [0.15, 0.2) is 59.7 Å². The van der Waals surface area contributed by atoms with Crippen molar-refractivity contribution in [3.63, 3.8) is 0 Å². The van der Waals surface area contributed by atoms with E-state index in [2.05, 4.69) is 27.4 Å². The number of aromatic nitrogens is 1. The number of anilines is 1. The third-order valence-corrected chi connectivity index (χ3v) is 6.07. The van der Waals surface area contributed by atoms with Gasteiger partial charge in [0.15, 0.2) is 11.5 Å². The number of carbonyl (C=O) groups excluding carboxylic acids is 1. The Hall–Kier alpha value is -3.67. The van der Waals surface area contributed by atoms with Gasteiger partial charge in [0.2, 0.25) is 12.7 Å². The minimum atomic E-state index is -0.513. The van der Waals surface area contributed by atoms with E-state index in [1.807, 2.05) is 42.6 Å². The highest BCUT2D eigenvalue weighted by atomic mass is 16.7. The second kappa shape index (κ2) is 6.42. The lowest BCUT2D eigenvalue weighted by atomic mass is 9.94. The summed E-state index contributed by atoms with van der Waals surface area (Å²) in [6, 6.07) is 15.8. The molecule has 3 heterocycles. The number of fused-ring (bicyclic) bond motifs is 2. The summed E-state index contributed by atoms with van der Waals surface area (Å²) in [7, 11) is 0. The summed E-state index contributed by atoms with van der Waals surface area (Å²) in [5, 5.41) is 2.99. The molecule has 3 aliphatic rings. The largest absolute Gasteiger partial charge is 0.454 e. The molecule has 0 spiro atoms. The summed E-state index contributed by atoms with van der Waals surface area (Å²) >= 11 is 0. The minimum Gasteiger partial charge on any atom is -0.454 e. The maximum Gasteiger partial charge on any atom is 0.236 e. The summed E-state index contributed by atoms with van der Waals surface area (Å²) in [4.78, 5) is 21.9. The molecule has 0 atom stereocenters. The lowest BCUT2D eigenvalue weighted by molar-refractivity contribution is -0.118. The fourth-order valence-corrected chi connectivity index (χ4v) is 4.14.